The minimum Gasteiger partial charge on any atom is -0.506 e. The van der Waals surface area contributed by atoms with E-state index < -0.39 is 0 Å². The Bertz CT molecular complexity index is 1420. The molecule has 10 heteroatoms. The van der Waals surface area contributed by atoms with Crippen LogP contribution in [0.5, 0.6) is 5.75 Å². The number of para-hydroxylation sites is 1. The van der Waals surface area contributed by atoms with Gasteiger partial charge in [-0.25, -0.2) is 9.97 Å². The van der Waals surface area contributed by atoms with Crippen LogP contribution in [0.4, 0.5) is 11.6 Å². The number of aromatic nitrogens is 6. The van der Waals surface area contributed by atoms with Gasteiger partial charge in [0.25, 0.3) is 5.56 Å². The molecule has 3 aromatic heterocycles. The largest absolute Gasteiger partial charge is 0.506 e. The molecule has 5 N–H and O–H groups in total. The van der Waals surface area contributed by atoms with Crippen molar-refractivity contribution < 1.29 is 5.11 Å². The van der Waals surface area contributed by atoms with Crippen LogP contribution in [0.15, 0.2) is 57.3 Å². The van der Waals surface area contributed by atoms with E-state index in [1.165, 1.54) is 11.8 Å². The number of aromatic hydroxyl groups is 1. The van der Waals surface area contributed by atoms with Gasteiger partial charge in [-0.3, -0.25) is 20.1 Å². The number of rotatable bonds is 4. The van der Waals surface area contributed by atoms with Crippen LogP contribution in [0.2, 0.25) is 0 Å². The molecule has 0 amide bonds. The number of phenols is 1. The molecule has 0 atom stereocenters. The predicted molar refractivity (Wildman–Crippen MR) is 111 cm³/mol. The molecular formula is C19H15N7O2S. The zero-order valence-electron chi connectivity index (χ0n) is 15.1. The second-order valence-electron chi connectivity index (χ2n) is 6.48. The number of hydrogen-bond donors (Lipinski definition) is 5. The van der Waals surface area contributed by atoms with Crippen molar-refractivity contribution in [1.82, 2.24) is 30.4 Å². The molecule has 29 heavy (non-hydrogen) atoms. The van der Waals surface area contributed by atoms with Gasteiger partial charge in [0.1, 0.15) is 17.1 Å². The van der Waals surface area contributed by atoms with Crippen LogP contribution in [-0.4, -0.2) is 35.5 Å². The highest BCUT2D eigenvalue weighted by atomic mass is 32.2. The number of nitrogens with zero attached hydrogens (tertiary/aromatic N) is 3. The first-order valence-corrected chi connectivity index (χ1v) is 9.55. The van der Waals surface area contributed by atoms with Crippen LogP contribution in [0, 0.1) is 6.92 Å². The first kappa shape index (κ1) is 17.3. The Morgan fingerprint density at radius 1 is 1.07 bits per heavy atom. The van der Waals surface area contributed by atoms with Gasteiger partial charge in [-0.2, -0.15) is 5.10 Å². The van der Waals surface area contributed by atoms with E-state index in [4.69, 9.17) is 0 Å². The third kappa shape index (κ3) is 3.19. The lowest BCUT2D eigenvalue weighted by Crippen LogP contribution is -1.99. The van der Waals surface area contributed by atoms with E-state index in [1.54, 1.807) is 18.2 Å². The van der Waals surface area contributed by atoms with Crippen LogP contribution in [0.3, 0.4) is 0 Å². The second-order valence-corrected chi connectivity index (χ2v) is 7.52. The molecular weight excluding hydrogens is 390 g/mol. The molecule has 3 heterocycles. The molecule has 0 aliphatic carbocycles. The van der Waals surface area contributed by atoms with Crippen molar-refractivity contribution in [3.63, 3.8) is 0 Å². The monoisotopic (exact) mass is 405 g/mol. The van der Waals surface area contributed by atoms with Gasteiger partial charge in [0.2, 0.25) is 0 Å². The smallest absolute Gasteiger partial charge is 0.271 e. The number of fused-ring (bicyclic) bond motifs is 2. The summed E-state index contributed by atoms with van der Waals surface area (Å²) < 4.78 is 0. The van der Waals surface area contributed by atoms with Crippen LogP contribution in [0.25, 0.3) is 21.8 Å². The Labute approximate surface area is 167 Å². The lowest BCUT2D eigenvalue weighted by Gasteiger charge is -2.10. The topological polar surface area (TPSA) is 135 Å². The lowest BCUT2D eigenvalue weighted by atomic mass is 10.2. The van der Waals surface area contributed by atoms with Gasteiger partial charge in [-0.05, 0) is 49.0 Å². The number of hydrogen-bond acceptors (Lipinski definition) is 7. The Morgan fingerprint density at radius 2 is 1.97 bits per heavy atom. The Hall–Kier alpha value is -3.79. The fourth-order valence-corrected chi connectivity index (χ4v) is 3.84. The van der Waals surface area contributed by atoms with E-state index in [0.717, 1.165) is 10.6 Å². The van der Waals surface area contributed by atoms with Crippen molar-refractivity contribution in [3.05, 3.63) is 58.5 Å². The van der Waals surface area contributed by atoms with Gasteiger partial charge in [0.05, 0.1) is 10.9 Å². The first-order valence-electron chi connectivity index (χ1n) is 8.74. The van der Waals surface area contributed by atoms with Gasteiger partial charge in [0, 0.05) is 22.0 Å². The summed E-state index contributed by atoms with van der Waals surface area (Å²) in [6, 6.07) is 12.5. The first-order chi connectivity index (χ1) is 14.1. The van der Waals surface area contributed by atoms with E-state index in [0.29, 0.717) is 38.6 Å². The van der Waals surface area contributed by atoms with Gasteiger partial charge < -0.3 is 10.4 Å². The second kappa shape index (κ2) is 6.67. The highest BCUT2D eigenvalue weighted by Gasteiger charge is 2.13. The minimum atomic E-state index is -0.163. The van der Waals surface area contributed by atoms with Crippen molar-refractivity contribution in [2.45, 2.75) is 17.0 Å². The van der Waals surface area contributed by atoms with Crippen molar-refractivity contribution in [1.29, 1.82) is 0 Å². The summed E-state index contributed by atoms with van der Waals surface area (Å²) in [6.07, 6.45) is 0. The van der Waals surface area contributed by atoms with Crippen LogP contribution in [-0.2, 0) is 0 Å². The summed E-state index contributed by atoms with van der Waals surface area (Å²) in [6.45, 7) is 1.91. The average molecular weight is 405 g/mol. The summed E-state index contributed by atoms with van der Waals surface area (Å²) in [5.74, 6) is 1.22. The predicted octanol–water partition coefficient (Wildman–Crippen LogP) is 3.43. The molecule has 0 unspecified atom stereocenters. The van der Waals surface area contributed by atoms with E-state index in [1.807, 2.05) is 31.2 Å². The van der Waals surface area contributed by atoms with Crippen LogP contribution in [0.1, 0.15) is 5.69 Å². The maximum atomic E-state index is 11.7. The Kier molecular flexibility index (Phi) is 3.98. The van der Waals surface area contributed by atoms with E-state index in [-0.39, 0.29) is 11.3 Å². The minimum absolute atomic E-state index is 0.0680. The van der Waals surface area contributed by atoms with E-state index in [2.05, 4.69) is 35.7 Å². The summed E-state index contributed by atoms with van der Waals surface area (Å²) in [4.78, 5) is 21.7. The molecule has 144 valence electrons. The molecule has 0 aliphatic heterocycles. The molecule has 0 saturated heterocycles. The van der Waals surface area contributed by atoms with Crippen molar-refractivity contribution in [2.24, 2.45) is 0 Å². The lowest BCUT2D eigenvalue weighted by molar-refractivity contribution is 0.480. The quantitative estimate of drug-likeness (QED) is 0.289. The van der Waals surface area contributed by atoms with Gasteiger partial charge >= 0.3 is 0 Å². The van der Waals surface area contributed by atoms with Crippen molar-refractivity contribution in [2.75, 3.05) is 5.32 Å². The summed E-state index contributed by atoms with van der Waals surface area (Å²) in [7, 11) is 0. The molecule has 0 saturated carbocycles. The normalized spacial score (nSPS) is 11.3. The van der Waals surface area contributed by atoms with Gasteiger partial charge in [-0.15, -0.1) is 0 Å². The Morgan fingerprint density at radius 3 is 2.79 bits per heavy atom. The van der Waals surface area contributed by atoms with Gasteiger partial charge in [0.15, 0.2) is 11.0 Å². The standard InChI is InChI=1S/C19H15N7O2S/c1-9-7-15(25-23-9)20-17-12-3-2-4-14(27)16(12)21-19(22-17)29-10-5-6-11-13(8-10)24-26-18(11)28/h2-8,27H,1H3,(H2,24,26,28)(H2,20,21,22,23,25). The third-order valence-electron chi connectivity index (χ3n) is 4.39. The molecule has 2 aromatic carbocycles. The molecule has 0 bridgehead atoms. The number of aromatic amines is 3. The van der Waals surface area contributed by atoms with Crippen molar-refractivity contribution in [3.8, 4) is 5.75 Å². The molecule has 9 nitrogen and oxygen atoms in total. The zero-order valence-corrected chi connectivity index (χ0v) is 16.0. The summed E-state index contributed by atoms with van der Waals surface area (Å²) in [5, 5.41) is 27.7. The highest BCUT2D eigenvalue weighted by molar-refractivity contribution is 7.99. The fraction of sp³-hybridized carbons (Fsp3) is 0.0526. The fourth-order valence-electron chi connectivity index (χ4n) is 3.05. The maximum absolute atomic E-state index is 11.7. The number of aryl methyl sites for hydroxylation is 1. The SMILES string of the molecule is Cc1cc(Nc2nc(Sc3ccc4c(=O)[nH][nH]c4c3)nc3c(O)cccc23)n[nH]1. The number of H-pyrrole nitrogens is 3. The molecule has 0 radical (unpaired) electrons. The number of nitrogens with one attached hydrogen (secondary N) is 4. The zero-order chi connectivity index (χ0) is 20.0. The van der Waals surface area contributed by atoms with Gasteiger partial charge in [-0.1, -0.05) is 6.07 Å². The van der Waals surface area contributed by atoms with Crippen LogP contribution < -0.4 is 10.9 Å². The average Bonchev–Trinajstić information content (AvgIpc) is 3.28. The maximum Gasteiger partial charge on any atom is 0.271 e. The summed E-state index contributed by atoms with van der Waals surface area (Å²) in [5.41, 5.74) is 1.89. The Balaban J connectivity index is 1.58. The number of benzene rings is 2. The molecule has 0 aliphatic rings. The third-order valence-corrected chi connectivity index (χ3v) is 5.25. The van der Waals surface area contributed by atoms with Crippen molar-refractivity contribution >= 4 is 45.2 Å². The molecule has 0 spiro atoms. The molecule has 5 rings (SSSR count). The van der Waals surface area contributed by atoms with Crippen LogP contribution >= 0.6 is 11.8 Å². The summed E-state index contributed by atoms with van der Waals surface area (Å²) >= 11 is 1.33. The highest BCUT2D eigenvalue weighted by Crippen LogP contribution is 2.34. The molecule has 5 aromatic rings. The van der Waals surface area contributed by atoms with E-state index in [9.17, 15) is 9.90 Å². The molecule has 0 fully saturated rings. The number of anilines is 2. The number of phenolic OH excluding ortho intramolecular Hbond substituents is 1. The van der Waals surface area contributed by atoms with E-state index >= 15 is 0 Å².